The van der Waals surface area contributed by atoms with Crippen molar-refractivity contribution in [2.45, 2.75) is 62.5 Å². The number of halogens is 1. The highest BCUT2D eigenvalue weighted by atomic mass is 35.5. The fourth-order valence-corrected chi connectivity index (χ4v) is 5.32. The maximum Gasteiger partial charge on any atom is 0.459 e. The minimum atomic E-state index is -4.23. The number of aromatic nitrogens is 2. The van der Waals surface area contributed by atoms with E-state index >= 15 is 0 Å². The first kappa shape index (κ1) is 29.2. The molecule has 7 atom stereocenters. The van der Waals surface area contributed by atoms with Gasteiger partial charge in [-0.3, -0.25) is 23.7 Å². The highest BCUT2D eigenvalue weighted by Gasteiger charge is 2.53. The lowest BCUT2D eigenvalue weighted by atomic mass is 9.79. The fraction of sp³-hybridized carbons (Fsp3) is 0.500. The van der Waals surface area contributed by atoms with Crippen molar-refractivity contribution < 1.29 is 33.0 Å². The number of aliphatic hydroxyl groups excluding tert-OH is 1. The molecule has 2 heterocycles. The third-order valence-corrected chi connectivity index (χ3v) is 7.85. The van der Waals surface area contributed by atoms with E-state index in [1.54, 1.807) is 37.3 Å². The van der Waals surface area contributed by atoms with Crippen LogP contribution in [0.4, 0.5) is 0 Å². The number of carbonyl (C=O) groups excluding carboxylic acids is 1. The maximum atomic E-state index is 13.7. The number of aromatic amines is 1. The number of para-hydroxylation sites is 1. The Balaban J connectivity index is 1.79. The van der Waals surface area contributed by atoms with Gasteiger partial charge in [0.25, 0.3) is 5.56 Å². The second kappa shape index (κ2) is 12.0. The molecule has 1 aliphatic heterocycles. The summed E-state index contributed by atoms with van der Waals surface area (Å²) in [7, 11) is -2.78. The molecular weight excluding hydrogens is 527 g/mol. The smallest absolute Gasteiger partial charge is 0.459 e. The van der Waals surface area contributed by atoms with Gasteiger partial charge in [-0.05, 0) is 32.4 Å². The number of aliphatic hydroxyl groups is 1. The van der Waals surface area contributed by atoms with Crippen LogP contribution in [0.1, 0.15) is 33.4 Å². The normalized spacial score (nSPS) is 26.7. The molecule has 0 spiro atoms. The van der Waals surface area contributed by atoms with Crippen molar-refractivity contribution in [3.05, 3.63) is 63.4 Å². The number of hydrogen-bond donors (Lipinski definition) is 3. The lowest BCUT2D eigenvalue weighted by Crippen LogP contribution is -2.45. The zero-order valence-corrected chi connectivity index (χ0v) is 22.5. The van der Waals surface area contributed by atoms with E-state index in [1.807, 2.05) is 6.92 Å². The summed E-state index contributed by atoms with van der Waals surface area (Å²) in [4.78, 5) is 38.2. The number of hydrogen-bond acceptors (Lipinski definition) is 9. The summed E-state index contributed by atoms with van der Waals surface area (Å²) < 4.78 is 35.5. The number of H-pyrrole nitrogens is 1. The highest BCUT2D eigenvalue weighted by molar-refractivity contribution is 7.52. The van der Waals surface area contributed by atoms with Gasteiger partial charge in [0, 0.05) is 12.3 Å². The Bertz CT molecular complexity index is 1240. The average Bonchev–Trinajstić information content (AvgIpc) is 3.06. The molecule has 2 unspecified atom stereocenters. The van der Waals surface area contributed by atoms with Gasteiger partial charge in [-0.25, -0.2) is 9.36 Å². The van der Waals surface area contributed by atoms with Crippen molar-refractivity contribution in [2.75, 3.05) is 6.61 Å². The van der Waals surface area contributed by atoms with Crippen LogP contribution in [0.5, 0.6) is 5.75 Å². The summed E-state index contributed by atoms with van der Waals surface area (Å²) in [6.45, 7) is 4.55. The summed E-state index contributed by atoms with van der Waals surface area (Å²) in [6.07, 6.45) is -2.27. The summed E-state index contributed by atoms with van der Waals surface area (Å²) in [5, 5.41) is 13.4. The molecule has 3 rings (SSSR count). The number of rotatable bonds is 11. The average molecular weight is 558 g/mol. The van der Waals surface area contributed by atoms with Crippen molar-refractivity contribution in [2.24, 2.45) is 0 Å². The lowest BCUT2D eigenvalue weighted by Gasteiger charge is -2.26. The Labute approximate surface area is 219 Å². The van der Waals surface area contributed by atoms with Gasteiger partial charge in [-0.15, -0.1) is 11.6 Å². The molecule has 15 heteroatoms. The molecule has 202 valence electrons. The van der Waals surface area contributed by atoms with Crippen LogP contribution >= 0.6 is 19.3 Å². The van der Waals surface area contributed by atoms with Gasteiger partial charge in [0.2, 0.25) is 0 Å². The monoisotopic (exact) mass is 557 g/mol. The van der Waals surface area contributed by atoms with E-state index in [0.717, 1.165) is 10.6 Å². The van der Waals surface area contributed by atoms with Gasteiger partial charge in [0.1, 0.15) is 25.7 Å². The molecule has 12 nitrogen and oxygen atoms in total. The number of nitrogens with zero attached hydrogens (tertiary/aromatic N) is 1. The quantitative estimate of drug-likeness (QED) is 0.157. The number of ether oxygens (including phenoxy) is 2. The first-order valence-electron chi connectivity index (χ1n) is 11.7. The van der Waals surface area contributed by atoms with Crippen molar-refractivity contribution in [3.8, 4) is 5.75 Å². The molecule has 3 N–H and O–H groups in total. The fourth-order valence-electron chi connectivity index (χ4n) is 3.52. The summed E-state index contributed by atoms with van der Waals surface area (Å²) in [5.41, 5.74) is -1.39. The first-order valence-corrected chi connectivity index (χ1v) is 13.6. The van der Waals surface area contributed by atoms with E-state index in [1.165, 1.54) is 21.0 Å². The third kappa shape index (κ3) is 7.13. The van der Waals surface area contributed by atoms with Crippen molar-refractivity contribution in [1.29, 1.82) is 0 Å². The Morgan fingerprint density at radius 3 is 2.62 bits per heavy atom. The van der Waals surface area contributed by atoms with Crippen LogP contribution < -0.4 is 20.9 Å². The SMILES string of the molecule is B[C@]1(Cl)[C@H](O)[C@@H](COP(=O)(N[C@@H](C)C(=O)OC(C)CC)Oc2ccccc2)O[C@H]1n1ccc(=O)[nH]c1=O. The van der Waals surface area contributed by atoms with E-state index in [2.05, 4.69) is 10.1 Å². The minimum absolute atomic E-state index is 0.202. The van der Waals surface area contributed by atoms with E-state index < -0.39 is 60.8 Å². The van der Waals surface area contributed by atoms with Gasteiger partial charge < -0.3 is 19.1 Å². The number of nitrogens with one attached hydrogen (secondary N) is 2. The number of alkyl halides is 1. The van der Waals surface area contributed by atoms with Gasteiger partial charge in [0.15, 0.2) is 6.23 Å². The van der Waals surface area contributed by atoms with Gasteiger partial charge in [0.05, 0.1) is 23.6 Å². The highest BCUT2D eigenvalue weighted by Crippen LogP contribution is 2.47. The molecule has 37 heavy (non-hydrogen) atoms. The largest absolute Gasteiger partial charge is 0.462 e. The Morgan fingerprint density at radius 1 is 1.32 bits per heavy atom. The molecule has 1 fully saturated rings. The van der Waals surface area contributed by atoms with Crippen LogP contribution in [0.15, 0.2) is 52.2 Å². The summed E-state index contributed by atoms with van der Waals surface area (Å²) >= 11 is 6.53. The van der Waals surface area contributed by atoms with Crippen LogP contribution in [-0.2, 0) is 23.4 Å². The van der Waals surface area contributed by atoms with E-state index in [9.17, 15) is 24.1 Å². The number of esters is 1. The predicted molar refractivity (Wildman–Crippen MR) is 137 cm³/mol. The number of carbonyl (C=O) groups is 1. The second-order valence-electron chi connectivity index (χ2n) is 8.84. The minimum Gasteiger partial charge on any atom is -0.462 e. The summed E-state index contributed by atoms with van der Waals surface area (Å²) in [5.74, 6) is -0.452. The van der Waals surface area contributed by atoms with Crippen LogP contribution in [0.2, 0.25) is 0 Å². The topological polar surface area (TPSA) is 158 Å². The zero-order valence-electron chi connectivity index (χ0n) is 20.8. The molecule has 0 aliphatic carbocycles. The van der Waals surface area contributed by atoms with Crippen LogP contribution in [0.3, 0.4) is 0 Å². The van der Waals surface area contributed by atoms with Crippen molar-refractivity contribution in [3.63, 3.8) is 0 Å². The molecule has 1 aromatic heterocycles. The predicted octanol–water partition coefficient (Wildman–Crippen LogP) is 0.887. The molecule has 2 aromatic rings. The van der Waals surface area contributed by atoms with Crippen LogP contribution in [0, 0.1) is 0 Å². The zero-order chi connectivity index (χ0) is 27.4. The van der Waals surface area contributed by atoms with Gasteiger partial charge >= 0.3 is 19.4 Å². The molecule has 1 aliphatic rings. The molecule has 1 aromatic carbocycles. The number of benzene rings is 1. The van der Waals surface area contributed by atoms with Crippen LogP contribution in [0.25, 0.3) is 0 Å². The lowest BCUT2D eigenvalue weighted by molar-refractivity contribution is -0.150. The molecule has 0 saturated carbocycles. The maximum absolute atomic E-state index is 13.7. The van der Waals surface area contributed by atoms with Gasteiger partial charge in [-0.2, -0.15) is 5.09 Å². The standard InChI is InChI=1S/C22H30BClN3O9P/c1-4-13(2)34-19(30)14(3)26-37(32,36-15-8-6-5-7-9-15)33-12-16-18(29)22(23,24)20(35-16)27-11-10-17(28)25-21(27)31/h5-11,13-14,16,18,20,29H,4,12,23H2,1-3H3,(H,26,32)(H,25,28,31)/t13?,14-,16+,18+,20+,22-,37?/m0/s1. The van der Waals surface area contributed by atoms with E-state index in [4.69, 9.17) is 30.1 Å². The Kier molecular flexibility index (Phi) is 9.44. The van der Waals surface area contributed by atoms with Gasteiger partial charge in [-0.1, -0.05) is 25.1 Å². The molecule has 1 saturated heterocycles. The Hall–Kier alpha value is -2.41. The Morgan fingerprint density at radius 2 is 2.00 bits per heavy atom. The third-order valence-electron chi connectivity index (χ3n) is 5.80. The molecule has 0 amide bonds. The first-order chi connectivity index (χ1) is 17.4. The molecular formula is C22H30BClN3O9P. The molecule has 0 radical (unpaired) electrons. The second-order valence-corrected chi connectivity index (χ2v) is 11.4. The van der Waals surface area contributed by atoms with E-state index in [-0.39, 0.29) is 11.9 Å². The van der Waals surface area contributed by atoms with Crippen molar-refractivity contribution >= 4 is 33.2 Å². The summed E-state index contributed by atoms with van der Waals surface area (Å²) in [6, 6.07) is 8.21. The van der Waals surface area contributed by atoms with Crippen LogP contribution in [-0.4, -0.2) is 64.2 Å². The molecule has 0 bridgehead atoms. The van der Waals surface area contributed by atoms with Crippen molar-refractivity contribution in [1.82, 2.24) is 14.6 Å². The van der Waals surface area contributed by atoms with E-state index in [0.29, 0.717) is 6.42 Å².